The number of carbonyl (C=O) groups is 1. The number of thiazole rings is 1. The van der Waals surface area contributed by atoms with Gasteiger partial charge in [0.15, 0.2) is 0 Å². The predicted octanol–water partition coefficient (Wildman–Crippen LogP) is 3.94. The van der Waals surface area contributed by atoms with E-state index in [1.807, 2.05) is 23.6 Å². The molecular formula is C17H13NO3S. The summed E-state index contributed by atoms with van der Waals surface area (Å²) in [4.78, 5) is 16.1. The average Bonchev–Trinajstić information content (AvgIpc) is 3.08. The second-order valence-electron chi connectivity index (χ2n) is 4.50. The van der Waals surface area contributed by atoms with Crippen LogP contribution in [0.5, 0.6) is 11.5 Å². The van der Waals surface area contributed by atoms with E-state index in [2.05, 4.69) is 4.98 Å². The quantitative estimate of drug-likeness (QED) is 0.529. The molecule has 0 amide bonds. The molecule has 0 N–H and O–H groups in total. The Labute approximate surface area is 132 Å². The molecule has 0 fully saturated rings. The van der Waals surface area contributed by atoms with Crippen LogP contribution in [0.2, 0.25) is 0 Å². The molecule has 5 heteroatoms. The van der Waals surface area contributed by atoms with Crippen LogP contribution in [0.3, 0.4) is 0 Å². The van der Waals surface area contributed by atoms with Crippen LogP contribution in [-0.2, 0) is 6.61 Å². The maximum Gasteiger partial charge on any atom is 0.343 e. The summed E-state index contributed by atoms with van der Waals surface area (Å²) >= 11 is 1.53. The number of hydrogen-bond acceptors (Lipinski definition) is 5. The van der Waals surface area contributed by atoms with Gasteiger partial charge in [-0.3, -0.25) is 0 Å². The van der Waals surface area contributed by atoms with Crippen molar-refractivity contribution in [2.45, 2.75) is 6.61 Å². The third-order valence-corrected chi connectivity index (χ3v) is 3.55. The largest absolute Gasteiger partial charge is 0.487 e. The van der Waals surface area contributed by atoms with Gasteiger partial charge in [-0.25, -0.2) is 9.78 Å². The van der Waals surface area contributed by atoms with Crippen LogP contribution in [-0.4, -0.2) is 11.0 Å². The van der Waals surface area contributed by atoms with E-state index in [0.717, 1.165) is 5.69 Å². The van der Waals surface area contributed by atoms with Crippen molar-refractivity contribution in [3.63, 3.8) is 0 Å². The first-order valence-electron chi connectivity index (χ1n) is 6.68. The fraction of sp³-hybridized carbons (Fsp3) is 0.0588. The van der Waals surface area contributed by atoms with Crippen molar-refractivity contribution in [3.8, 4) is 11.5 Å². The Hall–Kier alpha value is -2.66. The minimum atomic E-state index is -0.391. The van der Waals surface area contributed by atoms with Crippen molar-refractivity contribution >= 4 is 17.3 Å². The first kappa shape index (κ1) is 14.3. The Morgan fingerprint density at radius 3 is 2.45 bits per heavy atom. The van der Waals surface area contributed by atoms with Gasteiger partial charge in [-0.15, -0.1) is 11.3 Å². The molecule has 0 saturated heterocycles. The number of benzene rings is 2. The normalized spacial score (nSPS) is 10.2. The molecule has 0 spiro atoms. The molecular weight excluding hydrogens is 298 g/mol. The Bertz CT molecular complexity index is 724. The average molecular weight is 311 g/mol. The third kappa shape index (κ3) is 3.71. The second-order valence-corrected chi connectivity index (χ2v) is 5.21. The molecule has 4 nitrogen and oxygen atoms in total. The number of esters is 1. The Morgan fingerprint density at radius 2 is 1.77 bits per heavy atom. The molecule has 0 bridgehead atoms. The number of hydrogen-bond donors (Lipinski definition) is 0. The van der Waals surface area contributed by atoms with Crippen molar-refractivity contribution < 1.29 is 14.3 Å². The van der Waals surface area contributed by atoms with Gasteiger partial charge in [0, 0.05) is 5.38 Å². The molecule has 0 saturated carbocycles. The number of carbonyl (C=O) groups excluding carboxylic acids is 1. The second kappa shape index (κ2) is 6.87. The van der Waals surface area contributed by atoms with Crippen LogP contribution in [0.4, 0.5) is 0 Å². The highest BCUT2D eigenvalue weighted by atomic mass is 32.1. The van der Waals surface area contributed by atoms with Crippen molar-refractivity contribution in [1.82, 2.24) is 4.98 Å². The highest BCUT2D eigenvalue weighted by Gasteiger charge is 2.08. The first-order valence-corrected chi connectivity index (χ1v) is 7.63. The third-order valence-electron chi connectivity index (χ3n) is 2.91. The Morgan fingerprint density at radius 1 is 1.00 bits per heavy atom. The van der Waals surface area contributed by atoms with Crippen LogP contribution < -0.4 is 9.47 Å². The highest BCUT2D eigenvalue weighted by Crippen LogP contribution is 2.16. The summed E-state index contributed by atoms with van der Waals surface area (Å²) in [6.07, 6.45) is 0. The van der Waals surface area contributed by atoms with Crippen LogP contribution in [0.1, 0.15) is 16.1 Å². The van der Waals surface area contributed by atoms with E-state index in [9.17, 15) is 4.79 Å². The number of aromatic nitrogens is 1. The van der Waals surface area contributed by atoms with Gasteiger partial charge < -0.3 is 9.47 Å². The topological polar surface area (TPSA) is 48.4 Å². The van der Waals surface area contributed by atoms with E-state index in [0.29, 0.717) is 23.7 Å². The van der Waals surface area contributed by atoms with Gasteiger partial charge in [0.25, 0.3) is 0 Å². The number of nitrogens with zero attached hydrogens (tertiary/aromatic N) is 1. The zero-order chi connectivity index (χ0) is 15.2. The van der Waals surface area contributed by atoms with E-state index in [-0.39, 0.29) is 0 Å². The fourth-order valence-electron chi connectivity index (χ4n) is 1.81. The molecule has 2 aromatic carbocycles. The molecule has 3 aromatic rings. The molecule has 0 aliphatic carbocycles. The predicted molar refractivity (Wildman–Crippen MR) is 84.3 cm³/mol. The van der Waals surface area contributed by atoms with E-state index in [1.165, 1.54) is 11.3 Å². The van der Waals surface area contributed by atoms with Crippen molar-refractivity contribution in [2.24, 2.45) is 0 Å². The molecule has 0 unspecified atom stereocenters. The van der Waals surface area contributed by atoms with E-state index >= 15 is 0 Å². The van der Waals surface area contributed by atoms with E-state index in [4.69, 9.17) is 9.47 Å². The summed E-state index contributed by atoms with van der Waals surface area (Å²) in [5, 5.41) is 1.94. The number of rotatable bonds is 5. The molecule has 1 aromatic heterocycles. The SMILES string of the molecule is O=C(Oc1ccccc1)c1ccc(OCc2cscn2)cc1. The summed E-state index contributed by atoms with van der Waals surface area (Å²) in [7, 11) is 0. The smallest absolute Gasteiger partial charge is 0.343 e. The lowest BCUT2D eigenvalue weighted by atomic mass is 10.2. The summed E-state index contributed by atoms with van der Waals surface area (Å²) < 4.78 is 10.9. The van der Waals surface area contributed by atoms with Crippen molar-refractivity contribution in [1.29, 1.82) is 0 Å². The van der Waals surface area contributed by atoms with Gasteiger partial charge in [-0.1, -0.05) is 18.2 Å². The minimum absolute atomic E-state index is 0.391. The highest BCUT2D eigenvalue weighted by molar-refractivity contribution is 7.07. The van der Waals surface area contributed by atoms with Gasteiger partial charge in [0.05, 0.1) is 16.8 Å². The van der Waals surface area contributed by atoms with Gasteiger partial charge in [0.1, 0.15) is 18.1 Å². The molecule has 1 heterocycles. The van der Waals surface area contributed by atoms with E-state index in [1.54, 1.807) is 41.9 Å². The minimum Gasteiger partial charge on any atom is -0.487 e. The van der Waals surface area contributed by atoms with Crippen LogP contribution in [0.15, 0.2) is 65.5 Å². The lowest BCUT2D eigenvalue weighted by molar-refractivity contribution is 0.0734. The monoisotopic (exact) mass is 311 g/mol. The molecule has 3 rings (SSSR count). The number of para-hydroxylation sites is 1. The molecule has 110 valence electrons. The summed E-state index contributed by atoms with van der Waals surface area (Å²) in [5.41, 5.74) is 3.13. The fourth-order valence-corrected chi connectivity index (χ4v) is 2.35. The maximum atomic E-state index is 12.0. The van der Waals surface area contributed by atoms with Crippen LogP contribution >= 0.6 is 11.3 Å². The first-order chi connectivity index (χ1) is 10.8. The Kier molecular flexibility index (Phi) is 4.46. The van der Waals surface area contributed by atoms with Gasteiger partial charge in [-0.2, -0.15) is 0 Å². The Balaban J connectivity index is 1.60. The lowest BCUT2D eigenvalue weighted by Gasteiger charge is -2.06. The van der Waals surface area contributed by atoms with Gasteiger partial charge in [0.2, 0.25) is 0 Å². The molecule has 0 aliphatic rings. The van der Waals surface area contributed by atoms with Gasteiger partial charge in [-0.05, 0) is 36.4 Å². The standard InChI is InChI=1S/C17H13NO3S/c19-17(21-16-4-2-1-3-5-16)13-6-8-15(9-7-13)20-10-14-11-22-12-18-14/h1-9,11-12H,10H2. The summed E-state index contributed by atoms with van der Waals surface area (Å²) in [6.45, 7) is 0.414. The van der Waals surface area contributed by atoms with Crippen molar-refractivity contribution in [2.75, 3.05) is 0 Å². The molecule has 22 heavy (non-hydrogen) atoms. The lowest BCUT2D eigenvalue weighted by Crippen LogP contribution is -2.08. The zero-order valence-electron chi connectivity index (χ0n) is 11.6. The van der Waals surface area contributed by atoms with Gasteiger partial charge >= 0.3 is 5.97 Å². The van der Waals surface area contributed by atoms with Crippen molar-refractivity contribution in [3.05, 3.63) is 76.7 Å². The molecule has 0 aliphatic heterocycles. The van der Waals surface area contributed by atoms with Crippen LogP contribution in [0.25, 0.3) is 0 Å². The maximum absolute atomic E-state index is 12.0. The molecule has 0 radical (unpaired) electrons. The van der Waals surface area contributed by atoms with E-state index < -0.39 is 5.97 Å². The van der Waals surface area contributed by atoms with Crippen LogP contribution in [0, 0.1) is 0 Å². The summed E-state index contributed by atoms with van der Waals surface area (Å²) in [5.74, 6) is 0.817. The number of ether oxygens (including phenoxy) is 2. The molecule has 0 atom stereocenters. The zero-order valence-corrected chi connectivity index (χ0v) is 12.5. The summed E-state index contributed by atoms with van der Waals surface area (Å²) in [6, 6.07) is 15.8.